The Bertz CT molecular complexity index is 759. The molecule has 1 aliphatic heterocycles. The molecule has 0 aromatic rings. The fourth-order valence-electron chi connectivity index (χ4n) is 3.94. The summed E-state index contributed by atoms with van der Waals surface area (Å²) >= 11 is 0. The second kappa shape index (κ2) is 5.20. The molecule has 0 aromatic carbocycles. The SMILES string of the molecule is CC(C)C1=CC2=CC=C3C(C)(C)COC(=O)[C@]3(C)CC2=C(O)C1=O. The number of cyclic esters (lactones) is 1. The van der Waals surface area contributed by atoms with E-state index in [1.807, 2.05) is 52.8 Å². The molecule has 0 bridgehead atoms. The lowest BCUT2D eigenvalue weighted by atomic mass is 9.65. The zero-order chi connectivity index (χ0) is 17.9. The van der Waals surface area contributed by atoms with Gasteiger partial charge in [0, 0.05) is 16.6 Å². The average Bonchev–Trinajstić information content (AvgIpc) is 2.65. The van der Waals surface area contributed by atoms with Crippen molar-refractivity contribution in [2.75, 3.05) is 6.61 Å². The smallest absolute Gasteiger partial charge is 0.316 e. The normalized spacial score (nSPS) is 29.2. The topological polar surface area (TPSA) is 63.6 Å². The van der Waals surface area contributed by atoms with Gasteiger partial charge in [-0.2, -0.15) is 0 Å². The number of fused-ring (bicyclic) bond motifs is 2. The van der Waals surface area contributed by atoms with Gasteiger partial charge in [0.1, 0.15) is 6.61 Å². The molecule has 0 saturated carbocycles. The van der Waals surface area contributed by atoms with Crippen molar-refractivity contribution in [1.82, 2.24) is 0 Å². The number of Topliss-reactive ketones (excluding diaryl/α,β-unsaturated/α-hetero) is 1. The van der Waals surface area contributed by atoms with Gasteiger partial charge in [-0.25, -0.2) is 0 Å². The molecule has 24 heavy (non-hydrogen) atoms. The molecular weight excluding hydrogens is 304 g/mol. The van der Waals surface area contributed by atoms with E-state index < -0.39 is 5.41 Å². The van der Waals surface area contributed by atoms with Crippen LogP contribution in [0, 0.1) is 16.7 Å². The van der Waals surface area contributed by atoms with E-state index in [-0.39, 0.29) is 35.3 Å². The van der Waals surface area contributed by atoms with Crippen LogP contribution in [0.3, 0.4) is 0 Å². The zero-order valence-corrected chi connectivity index (χ0v) is 14.9. The summed E-state index contributed by atoms with van der Waals surface area (Å²) in [5.74, 6) is -0.849. The van der Waals surface area contributed by atoms with Crippen LogP contribution in [0.4, 0.5) is 0 Å². The quantitative estimate of drug-likeness (QED) is 0.744. The Morgan fingerprint density at radius 3 is 2.46 bits per heavy atom. The van der Waals surface area contributed by atoms with E-state index in [1.54, 1.807) is 0 Å². The summed E-state index contributed by atoms with van der Waals surface area (Å²) in [6.45, 7) is 10.1. The summed E-state index contributed by atoms with van der Waals surface area (Å²) in [4.78, 5) is 25.0. The monoisotopic (exact) mass is 328 g/mol. The average molecular weight is 328 g/mol. The molecule has 0 radical (unpaired) electrons. The lowest BCUT2D eigenvalue weighted by Gasteiger charge is -2.43. The Morgan fingerprint density at radius 1 is 1.17 bits per heavy atom. The number of hydrogen-bond acceptors (Lipinski definition) is 4. The second-order valence-corrected chi connectivity index (χ2v) is 8.08. The lowest BCUT2D eigenvalue weighted by Crippen LogP contribution is -2.46. The summed E-state index contributed by atoms with van der Waals surface area (Å²) < 4.78 is 5.41. The molecule has 1 fully saturated rings. The van der Waals surface area contributed by atoms with E-state index in [9.17, 15) is 14.7 Å². The predicted octanol–water partition coefficient (Wildman–Crippen LogP) is 3.81. The van der Waals surface area contributed by atoms with E-state index in [2.05, 4.69) is 0 Å². The third kappa shape index (κ3) is 2.27. The summed E-state index contributed by atoms with van der Waals surface area (Å²) in [5.41, 5.74) is 1.78. The number of allylic oxidation sites excluding steroid dienone is 6. The third-order valence-corrected chi connectivity index (χ3v) is 5.34. The highest BCUT2D eigenvalue weighted by Gasteiger charge is 2.51. The molecule has 1 N–H and O–H groups in total. The fraction of sp³-hybridized carbons (Fsp3) is 0.500. The Labute approximate surface area is 142 Å². The number of esters is 1. The van der Waals surface area contributed by atoms with Gasteiger partial charge >= 0.3 is 5.97 Å². The molecule has 3 aliphatic rings. The van der Waals surface area contributed by atoms with Gasteiger partial charge in [-0.15, -0.1) is 0 Å². The number of aliphatic hydroxyl groups excluding tert-OH is 1. The maximum absolute atomic E-state index is 12.5. The molecule has 0 spiro atoms. The first-order chi connectivity index (χ1) is 11.1. The Morgan fingerprint density at radius 2 is 1.83 bits per heavy atom. The van der Waals surface area contributed by atoms with Crippen LogP contribution in [-0.2, 0) is 14.3 Å². The second-order valence-electron chi connectivity index (χ2n) is 8.08. The molecule has 2 aliphatic carbocycles. The molecule has 0 unspecified atom stereocenters. The van der Waals surface area contributed by atoms with Crippen LogP contribution in [0.5, 0.6) is 0 Å². The zero-order valence-electron chi connectivity index (χ0n) is 14.9. The molecule has 0 amide bonds. The van der Waals surface area contributed by atoms with Gasteiger partial charge in [-0.1, -0.05) is 39.8 Å². The predicted molar refractivity (Wildman–Crippen MR) is 91.2 cm³/mol. The highest BCUT2D eigenvalue weighted by Crippen LogP contribution is 2.51. The first kappa shape index (κ1) is 16.7. The number of aliphatic hydroxyl groups is 1. The molecular formula is C20H24O4. The molecule has 0 aromatic heterocycles. The van der Waals surface area contributed by atoms with Crippen LogP contribution in [0.1, 0.15) is 41.0 Å². The van der Waals surface area contributed by atoms with Gasteiger partial charge in [0.2, 0.25) is 5.78 Å². The van der Waals surface area contributed by atoms with Gasteiger partial charge in [-0.3, -0.25) is 9.59 Å². The number of hydrogen-bond donors (Lipinski definition) is 1. The maximum atomic E-state index is 12.5. The standard InChI is InChI=1S/C20H24O4/c1-11(2)13-8-12-6-7-15-19(3,4)10-24-18(23)20(15,5)9-14(12)17(22)16(13)21/h6-8,11,22H,9-10H2,1-5H3/t20-/m1/s1. The molecule has 4 heteroatoms. The van der Waals surface area contributed by atoms with E-state index in [4.69, 9.17) is 4.74 Å². The van der Waals surface area contributed by atoms with Gasteiger partial charge < -0.3 is 9.84 Å². The van der Waals surface area contributed by atoms with Gasteiger partial charge in [0.25, 0.3) is 0 Å². The van der Waals surface area contributed by atoms with Crippen LogP contribution < -0.4 is 0 Å². The lowest BCUT2D eigenvalue weighted by molar-refractivity contribution is -0.161. The van der Waals surface area contributed by atoms with E-state index >= 15 is 0 Å². The van der Waals surface area contributed by atoms with Crippen molar-refractivity contribution in [2.24, 2.45) is 16.7 Å². The Balaban J connectivity index is 2.18. The van der Waals surface area contributed by atoms with Crippen LogP contribution in [-0.4, -0.2) is 23.5 Å². The van der Waals surface area contributed by atoms with Crippen molar-refractivity contribution < 1.29 is 19.4 Å². The molecule has 4 nitrogen and oxygen atoms in total. The molecule has 1 saturated heterocycles. The van der Waals surface area contributed by atoms with Gasteiger partial charge in [0.15, 0.2) is 5.76 Å². The third-order valence-electron chi connectivity index (χ3n) is 5.34. The number of ether oxygens (including phenoxy) is 1. The highest BCUT2D eigenvalue weighted by atomic mass is 16.5. The van der Waals surface area contributed by atoms with Gasteiger partial charge in [-0.05, 0) is 36.5 Å². The Kier molecular flexibility index (Phi) is 3.63. The number of carbonyl (C=O) groups is 2. The van der Waals surface area contributed by atoms with E-state index in [1.165, 1.54) is 0 Å². The maximum Gasteiger partial charge on any atom is 0.316 e. The minimum atomic E-state index is -0.868. The number of rotatable bonds is 1. The Hall–Kier alpha value is -2.10. The summed E-state index contributed by atoms with van der Waals surface area (Å²) in [6, 6.07) is 0. The van der Waals surface area contributed by atoms with Crippen molar-refractivity contribution in [3.05, 3.63) is 46.3 Å². The molecule has 1 atom stereocenters. The van der Waals surface area contributed by atoms with Crippen molar-refractivity contribution in [1.29, 1.82) is 0 Å². The molecule has 3 rings (SSSR count). The summed E-state index contributed by atoms with van der Waals surface area (Å²) in [6.07, 6.45) is 6.01. The van der Waals surface area contributed by atoms with Crippen molar-refractivity contribution in [3.8, 4) is 0 Å². The summed E-state index contributed by atoms with van der Waals surface area (Å²) in [5, 5.41) is 10.5. The first-order valence-corrected chi connectivity index (χ1v) is 8.37. The minimum Gasteiger partial charge on any atom is -0.504 e. The van der Waals surface area contributed by atoms with Crippen LogP contribution in [0.15, 0.2) is 46.3 Å². The van der Waals surface area contributed by atoms with Crippen molar-refractivity contribution in [2.45, 2.75) is 41.0 Å². The van der Waals surface area contributed by atoms with Crippen LogP contribution in [0.25, 0.3) is 0 Å². The van der Waals surface area contributed by atoms with Crippen molar-refractivity contribution >= 4 is 11.8 Å². The first-order valence-electron chi connectivity index (χ1n) is 8.37. The fourth-order valence-corrected chi connectivity index (χ4v) is 3.94. The number of carbonyl (C=O) groups excluding carboxylic acids is 2. The van der Waals surface area contributed by atoms with E-state index in [0.717, 1.165) is 11.1 Å². The summed E-state index contributed by atoms with van der Waals surface area (Å²) in [7, 11) is 0. The van der Waals surface area contributed by atoms with Crippen LogP contribution >= 0.6 is 0 Å². The molecule has 1 heterocycles. The number of ketones is 1. The largest absolute Gasteiger partial charge is 0.504 e. The highest BCUT2D eigenvalue weighted by molar-refractivity contribution is 6.10. The minimum absolute atomic E-state index is 0.0253. The van der Waals surface area contributed by atoms with Crippen LogP contribution in [0.2, 0.25) is 0 Å². The molecule has 128 valence electrons. The van der Waals surface area contributed by atoms with Gasteiger partial charge in [0.05, 0.1) is 5.41 Å². The van der Waals surface area contributed by atoms with Crippen molar-refractivity contribution in [3.63, 3.8) is 0 Å². The van der Waals surface area contributed by atoms with E-state index in [0.29, 0.717) is 17.8 Å².